The van der Waals surface area contributed by atoms with Gasteiger partial charge >= 0.3 is 25.6 Å². The molecule has 7 nitrogen and oxygen atoms in total. The topological polar surface area (TPSA) is 90.9 Å². The van der Waals surface area contributed by atoms with Gasteiger partial charge in [0.1, 0.15) is 23.8 Å². The molecule has 0 amide bonds. The Morgan fingerprint density at radius 2 is 1.72 bits per heavy atom. The average Bonchev–Trinajstić information content (AvgIpc) is 3.35. The Hall–Kier alpha value is -3.75. The minimum Gasteiger partial charge on any atom is -0.462 e. The quantitative estimate of drug-likeness (QED) is 0.150. The second-order valence-corrected chi connectivity index (χ2v) is 11.3. The van der Waals surface area contributed by atoms with E-state index in [9.17, 15) is 14.2 Å². The maximum absolute atomic E-state index is 15.3. The lowest BCUT2D eigenvalue weighted by Gasteiger charge is -2.19. The first-order valence-electron chi connectivity index (χ1n) is 12.0. The first-order chi connectivity index (χ1) is 18.6. The van der Waals surface area contributed by atoms with Crippen LogP contribution in [0.5, 0.6) is 5.75 Å². The molecule has 1 atom stereocenters. The number of esters is 2. The highest BCUT2D eigenvalue weighted by molar-refractivity contribution is 7.40. The van der Waals surface area contributed by atoms with Crippen LogP contribution in [0.1, 0.15) is 34.6 Å². The number of alkyl halides is 2. The van der Waals surface area contributed by atoms with E-state index in [4.69, 9.17) is 14.0 Å². The Morgan fingerprint density at radius 3 is 2.46 bits per heavy atom. The summed E-state index contributed by atoms with van der Waals surface area (Å²) in [6.45, 7) is 3.27. The van der Waals surface area contributed by atoms with Gasteiger partial charge in [0, 0.05) is 10.3 Å². The van der Waals surface area contributed by atoms with Crippen LogP contribution in [0.3, 0.4) is 0 Å². The van der Waals surface area contributed by atoms with Crippen molar-refractivity contribution in [3.05, 3.63) is 94.9 Å². The summed E-state index contributed by atoms with van der Waals surface area (Å²) in [7, 11) is -3.99. The highest BCUT2D eigenvalue weighted by atomic mass is 32.1. The Bertz CT molecular complexity index is 1490. The van der Waals surface area contributed by atoms with Crippen LogP contribution in [0.15, 0.2) is 78.9 Å². The molecule has 11 heteroatoms. The Kier molecular flexibility index (Phi) is 8.99. The molecule has 1 aromatic heterocycles. The molecule has 1 heterocycles. The predicted octanol–water partition coefficient (Wildman–Crippen LogP) is 7.22. The Labute approximate surface area is 228 Å². The molecule has 0 aliphatic rings. The first kappa shape index (κ1) is 28.3. The molecule has 0 aliphatic heterocycles. The van der Waals surface area contributed by atoms with Crippen molar-refractivity contribution in [2.75, 3.05) is 11.9 Å². The van der Waals surface area contributed by atoms with E-state index in [0.717, 1.165) is 23.0 Å². The number of rotatable bonds is 11. The number of carbonyl (C=O) groups excluding carboxylic acids is 2. The second-order valence-electron chi connectivity index (χ2n) is 8.78. The number of hydrogen-bond donors (Lipinski definition) is 1. The van der Waals surface area contributed by atoms with Crippen molar-refractivity contribution in [1.82, 2.24) is 0 Å². The van der Waals surface area contributed by atoms with Crippen molar-refractivity contribution < 1.29 is 36.9 Å². The summed E-state index contributed by atoms with van der Waals surface area (Å²) in [6.07, 6.45) is -0.308. The van der Waals surface area contributed by atoms with E-state index in [1.54, 1.807) is 19.9 Å². The van der Waals surface area contributed by atoms with Gasteiger partial charge in [0.05, 0.1) is 11.8 Å². The first-order valence-corrected chi connectivity index (χ1v) is 14.1. The van der Waals surface area contributed by atoms with Gasteiger partial charge in [-0.2, -0.15) is 8.78 Å². The van der Waals surface area contributed by atoms with Gasteiger partial charge in [-0.05, 0) is 55.1 Å². The number of nitrogens with one attached hydrogen (secondary N) is 1. The van der Waals surface area contributed by atoms with E-state index < -0.39 is 31.2 Å². The van der Waals surface area contributed by atoms with E-state index in [-0.39, 0.29) is 35.6 Å². The van der Waals surface area contributed by atoms with Crippen LogP contribution in [0.4, 0.5) is 14.5 Å². The monoisotopic (exact) mass is 573 g/mol. The lowest BCUT2D eigenvalue weighted by molar-refractivity contribution is -0.145. The molecule has 204 valence electrons. The molecular weight excluding hydrogens is 547 g/mol. The molecule has 0 saturated carbocycles. The highest BCUT2D eigenvalue weighted by Gasteiger charge is 2.41. The second kappa shape index (κ2) is 12.4. The van der Waals surface area contributed by atoms with E-state index in [2.05, 4.69) is 5.32 Å². The molecule has 39 heavy (non-hydrogen) atoms. The molecule has 0 fully saturated rings. The Morgan fingerprint density at radius 1 is 1.00 bits per heavy atom. The van der Waals surface area contributed by atoms with E-state index in [0.29, 0.717) is 10.1 Å². The molecule has 0 bridgehead atoms. The Balaban J connectivity index is 1.46. The average molecular weight is 574 g/mol. The molecule has 0 saturated heterocycles. The fourth-order valence-electron chi connectivity index (χ4n) is 3.59. The smallest absolute Gasteiger partial charge is 0.354 e. The van der Waals surface area contributed by atoms with Gasteiger partial charge in [-0.1, -0.05) is 48.5 Å². The fraction of sp³-hybridized carbons (Fsp3) is 0.214. The van der Waals surface area contributed by atoms with Crippen molar-refractivity contribution in [2.24, 2.45) is 0 Å². The largest absolute Gasteiger partial charge is 0.462 e. The number of ether oxygens (including phenoxy) is 2. The summed E-state index contributed by atoms with van der Waals surface area (Å²) in [5.41, 5.74) is -3.27. The van der Waals surface area contributed by atoms with Crippen molar-refractivity contribution in [2.45, 2.75) is 32.2 Å². The summed E-state index contributed by atoms with van der Waals surface area (Å²) in [6, 6.07) is 20.5. The third-order valence-electron chi connectivity index (χ3n) is 5.43. The number of thiophene rings is 1. The number of benzene rings is 3. The predicted molar refractivity (Wildman–Crippen MR) is 147 cm³/mol. The zero-order chi connectivity index (χ0) is 28.0. The van der Waals surface area contributed by atoms with Crippen LogP contribution >= 0.6 is 19.4 Å². The minimum atomic E-state index is -3.99. The van der Waals surface area contributed by atoms with E-state index in [1.807, 2.05) is 30.3 Å². The van der Waals surface area contributed by atoms with Gasteiger partial charge in [-0.15, -0.1) is 11.3 Å². The van der Waals surface area contributed by atoms with E-state index in [1.165, 1.54) is 36.4 Å². The number of hydrogen-bond acceptors (Lipinski definition) is 8. The minimum absolute atomic E-state index is 0.0847. The number of para-hydroxylation sites is 2. The number of halogens is 2. The highest BCUT2D eigenvalue weighted by Crippen LogP contribution is 2.52. The third kappa shape index (κ3) is 7.22. The molecule has 3 aromatic carbocycles. The molecule has 0 radical (unpaired) electrons. The van der Waals surface area contributed by atoms with Gasteiger partial charge in [0.15, 0.2) is 0 Å². The zero-order valence-corrected chi connectivity index (χ0v) is 22.9. The maximum Gasteiger partial charge on any atom is 0.354 e. The van der Waals surface area contributed by atoms with Crippen LogP contribution in [0.2, 0.25) is 0 Å². The number of carbonyl (C=O) groups is 2. The SMILES string of the molecule is CC(C)OC(=O)CNc1ccccc1O[PH](=O)C(F)(F)c1ccc2sc(C(=O)OCc3ccccc3)cc2c1. The third-order valence-corrected chi connectivity index (χ3v) is 7.73. The van der Waals surface area contributed by atoms with Crippen molar-refractivity contribution in [1.29, 1.82) is 0 Å². The van der Waals surface area contributed by atoms with Crippen LogP contribution in [0.25, 0.3) is 10.1 Å². The maximum atomic E-state index is 15.3. The van der Waals surface area contributed by atoms with Crippen LogP contribution in [-0.4, -0.2) is 24.6 Å². The summed E-state index contributed by atoms with van der Waals surface area (Å²) in [4.78, 5) is 24.6. The van der Waals surface area contributed by atoms with Gasteiger partial charge in [-0.3, -0.25) is 9.36 Å². The molecule has 4 rings (SSSR count). The van der Waals surface area contributed by atoms with Gasteiger partial charge in [-0.25, -0.2) is 4.79 Å². The summed E-state index contributed by atoms with van der Waals surface area (Å²) >= 11 is 1.12. The van der Waals surface area contributed by atoms with Crippen molar-refractivity contribution >= 4 is 47.1 Å². The lowest BCUT2D eigenvalue weighted by Crippen LogP contribution is -2.20. The normalized spacial score (nSPS) is 12.2. The van der Waals surface area contributed by atoms with Crippen LogP contribution < -0.4 is 9.84 Å². The van der Waals surface area contributed by atoms with Gasteiger partial charge < -0.3 is 19.3 Å². The molecule has 4 aromatic rings. The van der Waals surface area contributed by atoms with Crippen LogP contribution in [-0.2, 0) is 31.1 Å². The van der Waals surface area contributed by atoms with Crippen molar-refractivity contribution in [3.8, 4) is 5.75 Å². The molecule has 1 N–H and O–H groups in total. The fourth-order valence-corrected chi connectivity index (χ4v) is 5.42. The number of anilines is 1. The van der Waals surface area contributed by atoms with E-state index >= 15 is 8.78 Å². The molecule has 0 aliphatic carbocycles. The molecule has 1 unspecified atom stereocenters. The van der Waals surface area contributed by atoms with Gasteiger partial charge in [0.25, 0.3) is 0 Å². The lowest BCUT2D eigenvalue weighted by atomic mass is 10.1. The van der Waals surface area contributed by atoms with Crippen LogP contribution in [0, 0.1) is 0 Å². The standard InChI is InChI=1S/C28H26F2NO6PS/c1-18(2)36-26(32)16-31-22-10-6-7-11-23(22)37-38(34)28(29,30)21-12-13-24-20(14-21)15-25(39-24)27(33)35-17-19-8-4-3-5-9-19/h3-15,18,31,38H,16-17H2,1-2H3. The molecular formula is C28H26F2NO6PS. The summed E-state index contributed by atoms with van der Waals surface area (Å²) in [5, 5.41) is 3.16. The summed E-state index contributed by atoms with van der Waals surface area (Å²) in [5.74, 6) is -1.18. The van der Waals surface area contributed by atoms with Crippen molar-refractivity contribution in [3.63, 3.8) is 0 Å². The summed E-state index contributed by atoms with van der Waals surface area (Å²) < 4.78 is 59.5. The molecule has 0 spiro atoms. The van der Waals surface area contributed by atoms with Gasteiger partial charge in [0.2, 0.25) is 0 Å². The number of fused-ring (bicyclic) bond motifs is 1. The zero-order valence-electron chi connectivity index (χ0n) is 21.1.